The van der Waals surface area contributed by atoms with Crippen molar-refractivity contribution in [3.8, 4) is 44.6 Å². The van der Waals surface area contributed by atoms with Crippen molar-refractivity contribution in [3.63, 3.8) is 0 Å². The van der Waals surface area contributed by atoms with E-state index in [9.17, 15) is 0 Å². The highest BCUT2D eigenvalue weighted by molar-refractivity contribution is 6.25. The Balaban J connectivity index is 0.940. The molecular weight excluding hydrogens is 765 g/mol. The van der Waals surface area contributed by atoms with Gasteiger partial charge in [-0.15, -0.1) is 0 Å². The van der Waals surface area contributed by atoms with Crippen molar-refractivity contribution < 1.29 is 0 Å². The predicted molar refractivity (Wildman–Crippen MR) is 264 cm³/mol. The van der Waals surface area contributed by atoms with Crippen LogP contribution in [0, 0.1) is 0 Å². The molecule has 0 radical (unpaired) electrons. The zero-order valence-corrected chi connectivity index (χ0v) is 34.2. The first-order valence-electron chi connectivity index (χ1n) is 21.3. The molecule has 0 aliphatic heterocycles. The van der Waals surface area contributed by atoms with Gasteiger partial charge in [0.2, 0.25) is 0 Å². The van der Waals surface area contributed by atoms with Crippen LogP contribution >= 0.6 is 0 Å². The number of hydrogen-bond donors (Lipinski definition) is 0. The van der Waals surface area contributed by atoms with E-state index in [1.54, 1.807) is 0 Å². The van der Waals surface area contributed by atoms with Crippen molar-refractivity contribution >= 4 is 71.3 Å². The summed E-state index contributed by atoms with van der Waals surface area (Å²) in [5.74, 6) is 0. The minimum atomic E-state index is 0.870. The maximum Gasteiger partial charge on any atom is 0.0965 e. The molecule has 0 amide bonds. The summed E-state index contributed by atoms with van der Waals surface area (Å²) in [7, 11) is 0. The zero-order chi connectivity index (χ0) is 41.7. The Morgan fingerprint density at radius 2 is 0.841 bits per heavy atom. The number of nitrogens with zero attached hydrogens (tertiary/aromatic N) is 4. The average Bonchev–Trinajstić information content (AvgIpc) is 3.37. The number of benzene rings is 9. The summed E-state index contributed by atoms with van der Waals surface area (Å²) >= 11 is 0. The molecule has 9 aromatic carbocycles. The molecule has 12 rings (SSSR count). The van der Waals surface area contributed by atoms with Gasteiger partial charge in [0.1, 0.15) is 0 Å². The minimum absolute atomic E-state index is 0.870. The second kappa shape index (κ2) is 15.2. The first-order valence-corrected chi connectivity index (χ1v) is 21.3. The Morgan fingerprint density at radius 3 is 1.51 bits per heavy atom. The van der Waals surface area contributed by atoms with Gasteiger partial charge in [0.25, 0.3) is 0 Å². The van der Waals surface area contributed by atoms with Crippen LogP contribution in [0.5, 0.6) is 0 Å². The molecule has 0 fully saturated rings. The van der Waals surface area contributed by atoms with Crippen LogP contribution in [0.2, 0.25) is 0 Å². The topological polar surface area (TPSA) is 41.9 Å². The normalized spacial score (nSPS) is 11.5. The van der Waals surface area contributed by atoms with E-state index in [2.05, 4.69) is 199 Å². The Labute approximate surface area is 365 Å². The summed E-state index contributed by atoms with van der Waals surface area (Å²) in [5, 5.41) is 8.79. The monoisotopic (exact) mass is 802 g/mol. The molecule has 294 valence electrons. The summed E-state index contributed by atoms with van der Waals surface area (Å²) < 4.78 is 0. The molecule has 4 nitrogen and oxygen atoms in total. The smallest absolute Gasteiger partial charge is 0.0965 e. The van der Waals surface area contributed by atoms with Crippen LogP contribution in [0.25, 0.3) is 98.9 Å². The van der Waals surface area contributed by atoms with Crippen LogP contribution in [0.4, 0.5) is 17.1 Å². The fourth-order valence-electron chi connectivity index (χ4n) is 9.20. The minimum Gasteiger partial charge on any atom is -0.311 e. The molecule has 0 spiro atoms. The molecule has 0 saturated heterocycles. The summed E-state index contributed by atoms with van der Waals surface area (Å²) in [6.45, 7) is 0. The van der Waals surface area contributed by atoms with Gasteiger partial charge in [0.05, 0.1) is 22.2 Å². The quantitative estimate of drug-likeness (QED) is 0.151. The molecule has 0 aliphatic carbocycles. The van der Waals surface area contributed by atoms with Crippen LogP contribution in [0.3, 0.4) is 0 Å². The molecule has 4 heteroatoms. The van der Waals surface area contributed by atoms with Crippen LogP contribution in [0.1, 0.15) is 0 Å². The van der Waals surface area contributed by atoms with E-state index in [1.165, 1.54) is 43.4 Å². The van der Waals surface area contributed by atoms with E-state index in [1.807, 2.05) is 36.7 Å². The number of pyridine rings is 3. The van der Waals surface area contributed by atoms with E-state index < -0.39 is 0 Å². The standard InChI is InChI=1S/C59H38N4/c1-2-11-41(12-3-1)54-37-58(62-57-19-10-34-60-59(54)57)42-24-31-48(32-25-42)63(47-29-22-40(23-30-47)45-35-44-13-4-9-18-56(44)61-38-45)46-27-20-39(21-28-46)43-26-33-53-51-16-6-5-14-49(51)50-15-7-8-17-52(50)55(53)36-43/h1-38H. The van der Waals surface area contributed by atoms with E-state index in [4.69, 9.17) is 15.0 Å². The van der Waals surface area contributed by atoms with Crippen molar-refractivity contribution in [2.75, 3.05) is 4.90 Å². The van der Waals surface area contributed by atoms with Crippen LogP contribution in [-0.2, 0) is 0 Å². The molecule has 0 aliphatic rings. The lowest BCUT2D eigenvalue weighted by Crippen LogP contribution is -2.09. The van der Waals surface area contributed by atoms with Crippen LogP contribution < -0.4 is 4.90 Å². The predicted octanol–water partition coefficient (Wildman–Crippen LogP) is 15.8. The lowest BCUT2D eigenvalue weighted by molar-refractivity contribution is 1.28. The highest BCUT2D eigenvalue weighted by atomic mass is 15.1. The van der Waals surface area contributed by atoms with Crippen molar-refractivity contribution in [3.05, 3.63) is 231 Å². The zero-order valence-electron chi connectivity index (χ0n) is 34.2. The van der Waals surface area contributed by atoms with Gasteiger partial charge in [-0.05, 0) is 127 Å². The maximum atomic E-state index is 5.09. The average molecular weight is 803 g/mol. The molecular formula is C59H38N4. The van der Waals surface area contributed by atoms with E-state index in [0.29, 0.717) is 0 Å². The Bertz CT molecular complexity index is 3620. The molecule has 63 heavy (non-hydrogen) atoms. The van der Waals surface area contributed by atoms with Gasteiger partial charge in [0, 0.05) is 51.5 Å². The van der Waals surface area contributed by atoms with Gasteiger partial charge in [-0.25, -0.2) is 4.98 Å². The molecule has 0 N–H and O–H groups in total. The van der Waals surface area contributed by atoms with Gasteiger partial charge in [0.15, 0.2) is 0 Å². The van der Waals surface area contributed by atoms with E-state index >= 15 is 0 Å². The summed E-state index contributed by atoms with van der Waals surface area (Å²) in [6, 6.07) is 77.9. The van der Waals surface area contributed by atoms with Crippen molar-refractivity contribution in [1.29, 1.82) is 0 Å². The highest BCUT2D eigenvalue weighted by Crippen LogP contribution is 2.41. The molecule has 0 saturated carbocycles. The van der Waals surface area contributed by atoms with E-state index in [0.717, 1.165) is 72.5 Å². The van der Waals surface area contributed by atoms with Gasteiger partial charge in [-0.1, -0.05) is 146 Å². The Morgan fingerprint density at radius 1 is 0.317 bits per heavy atom. The number of hydrogen-bond acceptors (Lipinski definition) is 4. The fourth-order valence-corrected chi connectivity index (χ4v) is 9.20. The molecule has 3 heterocycles. The Hall–Kier alpha value is -8.47. The van der Waals surface area contributed by atoms with Gasteiger partial charge < -0.3 is 4.90 Å². The summed E-state index contributed by atoms with van der Waals surface area (Å²) in [6.07, 6.45) is 3.80. The third-order valence-electron chi connectivity index (χ3n) is 12.3. The molecule has 0 atom stereocenters. The summed E-state index contributed by atoms with van der Waals surface area (Å²) in [4.78, 5) is 16.9. The first kappa shape index (κ1) is 36.4. The molecule has 3 aromatic heterocycles. The summed E-state index contributed by atoms with van der Waals surface area (Å²) in [5.41, 5.74) is 14.6. The van der Waals surface area contributed by atoms with Gasteiger partial charge in [-0.3, -0.25) is 9.97 Å². The second-order valence-electron chi connectivity index (χ2n) is 16.0. The van der Waals surface area contributed by atoms with Gasteiger partial charge >= 0.3 is 0 Å². The number of rotatable bonds is 7. The second-order valence-corrected chi connectivity index (χ2v) is 16.0. The molecule has 12 aromatic rings. The molecule has 0 bridgehead atoms. The van der Waals surface area contributed by atoms with E-state index in [-0.39, 0.29) is 0 Å². The third kappa shape index (κ3) is 6.53. The van der Waals surface area contributed by atoms with Crippen molar-refractivity contribution in [2.45, 2.75) is 0 Å². The fraction of sp³-hybridized carbons (Fsp3) is 0. The number of para-hydroxylation sites is 1. The lowest BCUT2D eigenvalue weighted by Gasteiger charge is -2.26. The highest BCUT2D eigenvalue weighted by Gasteiger charge is 2.17. The van der Waals surface area contributed by atoms with Crippen LogP contribution in [0.15, 0.2) is 231 Å². The first-order chi connectivity index (χ1) is 31.2. The largest absolute Gasteiger partial charge is 0.311 e. The van der Waals surface area contributed by atoms with Crippen molar-refractivity contribution in [1.82, 2.24) is 15.0 Å². The van der Waals surface area contributed by atoms with Crippen molar-refractivity contribution in [2.24, 2.45) is 0 Å². The lowest BCUT2D eigenvalue weighted by atomic mass is 9.92. The third-order valence-corrected chi connectivity index (χ3v) is 12.3. The maximum absolute atomic E-state index is 5.09. The Kier molecular flexibility index (Phi) is 8.79. The SMILES string of the molecule is c1ccc(-c2cc(-c3ccc(N(c4ccc(-c5cnc6ccccc6c5)cc4)c4ccc(-c5ccc6c7ccccc7c7ccccc7c6c5)cc4)cc3)nc3cccnc23)cc1. The number of aromatic nitrogens is 3. The number of fused-ring (bicyclic) bond motifs is 8. The number of anilines is 3. The molecule has 0 unspecified atom stereocenters. The van der Waals surface area contributed by atoms with Gasteiger partial charge in [-0.2, -0.15) is 0 Å². The van der Waals surface area contributed by atoms with Crippen LogP contribution in [-0.4, -0.2) is 15.0 Å².